The Morgan fingerprint density at radius 2 is 1.92 bits per heavy atom. The average Bonchev–Trinajstić information content (AvgIpc) is 3.02. The molecule has 0 amide bonds. The Balaban J connectivity index is 1.75. The smallest absolute Gasteiger partial charge is 0.214 e. The van der Waals surface area contributed by atoms with Crippen LogP contribution < -0.4 is 0 Å². The van der Waals surface area contributed by atoms with Gasteiger partial charge >= 0.3 is 0 Å². The number of aromatic nitrogens is 4. The SMILES string of the molecule is Cc1ccc(-n2nnnc2SCC(=O)c2ccc(F)cc2F)cc1. The summed E-state index contributed by atoms with van der Waals surface area (Å²) in [6, 6.07) is 10.4. The molecule has 122 valence electrons. The molecule has 1 aromatic heterocycles. The van der Waals surface area contributed by atoms with Gasteiger partial charge in [0.05, 0.1) is 17.0 Å². The Kier molecular flexibility index (Phi) is 4.66. The number of hydrogen-bond donors (Lipinski definition) is 0. The van der Waals surface area contributed by atoms with E-state index < -0.39 is 17.4 Å². The van der Waals surface area contributed by atoms with Crippen LogP contribution >= 0.6 is 11.8 Å². The molecule has 0 radical (unpaired) electrons. The van der Waals surface area contributed by atoms with Gasteiger partial charge in [0.1, 0.15) is 11.6 Å². The van der Waals surface area contributed by atoms with Gasteiger partial charge in [0.2, 0.25) is 5.16 Å². The van der Waals surface area contributed by atoms with Crippen molar-refractivity contribution < 1.29 is 13.6 Å². The van der Waals surface area contributed by atoms with Crippen LogP contribution in [0.2, 0.25) is 0 Å². The Labute approximate surface area is 140 Å². The van der Waals surface area contributed by atoms with E-state index in [1.165, 1.54) is 4.68 Å². The summed E-state index contributed by atoms with van der Waals surface area (Å²) in [5.74, 6) is -2.12. The molecule has 0 saturated heterocycles. The summed E-state index contributed by atoms with van der Waals surface area (Å²) in [5, 5.41) is 11.8. The molecule has 0 saturated carbocycles. The first-order valence-electron chi connectivity index (χ1n) is 7.01. The van der Waals surface area contributed by atoms with E-state index in [-0.39, 0.29) is 11.3 Å². The fourth-order valence-electron chi connectivity index (χ4n) is 2.04. The van der Waals surface area contributed by atoms with E-state index in [0.717, 1.165) is 35.1 Å². The second-order valence-electron chi connectivity index (χ2n) is 5.04. The molecule has 0 aliphatic carbocycles. The predicted octanol–water partition coefficient (Wildman–Crippen LogP) is 3.22. The van der Waals surface area contributed by atoms with Gasteiger partial charge in [-0.15, -0.1) is 5.10 Å². The summed E-state index contributed by atoms with van der Waals surface area (Å²) in [4.78, 5) is 12.1. The molecular weight excluding hydrogens is 334 g/mol. The van der Waals surface area contributed by atoms with Crippen molar-refractivity contribution in [2.24, 2.45) is 0 Å². The molecule has 8 heteroatoms. The van der Waals surface area contributed by atoms with Crippen LogP contribution in [0, 0.1) is 18.6 Å². The van der Waals surface area contributed by atoms with E-state index >= 15 is 0 Å². The van der Waals surface area contributed by atoms with Crippen LogP contribution in [0.3, 0.4) is 0 Å². The molecule has 0 bridgehead atoms. The Bertz CT molecular complexity index is 880. The molecule has 0 fully saturated rings. The fraction of sp³-hybridized carbons (Fsp3) is 0.125. The lowest BCUT2D eigenvalue weighted by Crippen LogP contribution is -2.07. The Morgan fingerprint density at radius 3 is 2.62 bits per heavy atom. The van der Waals surface area contributed by atoms with Gasteiger partial charge in [0.15, 0.2) is 5.78 Å². The van der Waals surface area contributed by atoms with Gasteiger partial charge in [0.25, 0.3) is 0 Å². The molecule has 24 heavy (non-hydrogen) atoms. The summed E-state index contributed by atoms with van der Waals surface area (Å²) in [5.41, 5.74) is 1.70. The number of Topliss-reactive ketones (excluding diaryl/α,β-unsaturated/α-hetero) is 1. The zero-order valence-electron chi connectivity index (χ0n) is 12.6. The third kappa shape index (κ3) is 3.48. The first kappa shape index (κ1) is 16.3. The highest BCUT2D eigenvalue weighted by atomic mass is 32.2. The molecule has 0 unspecified atom stereocenters. The molecule has 3 rings (SSSR count). The van der Waals surface area contributed by atoms with Gasteiger partial charge in [-0.25, -0.2) is 8.78 Å². The number of carbonyl (C=O) groups excluding carboxylic acids is 1. The van der Waals surface area contributed by atoms with Crippen molar-refractivity contribution in [3.8, 4) is 5.69 Å². The van der Waals surface area contributed by atoms with E-state index in [9.17, 15) is 13.6 Å². The van der Waals surface area contributed by atoms with E-state index in [4.69, 9.17) is 0 Å². The minimum atomic E-state index is -0.876. The molecule has 0 N–H and O–H groups in total. The molecule has 0 aliphatic heterocycles. The highest BCUT2D eigenvalue weighted by molar-refractivity contribution is 7.99. The Morgan fingerprint density at radius 1 is 1.17 bits per heavy atom. The van der Waals surface area contributed by atoms with Crippen molar-refractivity contribution in [2.45, 2.75) is 12.1 Å². The summed E-state index contributed by atoms with van der Waals surface area (Å²) in [6.07, 6.45) is 0. The number of ketones is 1. The van der Waals surface area contributed by atoms with Crippen molar-refractivity contribution in [3.63, 3.8) is 0 Å². The van der Waals surface area contributed by atoms with E-state index in [0.29, 0.717) is 11.2 Å². The number of nitrogens with zero attached hydrogens (tertiary/aromatic N) is 4. The maximum atomic E-state index is 13.6. The minimum absolute atomic E-state index is 0.0607. The van der Waals surface area contributed by atoms with Crippen LogP contribution in [0.25, 0.3) is 5.69 Å². The number of rotatable bonds is 5. The topological polar surface area (TPSA) is 60.7 Å². The first-order chi connectivity index (χ1) is 11.5. The van der Waals surface area contributed by atoms with Crippen LogP contribution in [0.15, 0.2) is 47.6 Å². The maximum Gasteiger partial charge on any atom is 0.214 e. The van der Waals surface area contributed by atoms with Gasteiger partial charge in [0, 0.05) is 6.07 Å². The zero-order valence-corrected chi connectivity index (χ0v) is 13.4. The van der Waals surface area contributed by atoms with E-state index in [2.05, 4.69) is 15.5 Å². The van der Waals surface area contributed by atoms with Gasteiger partial charge in [-0.05, 0) is 41.6 Å². The van der Waals surface area contributed by atoms with Gasteiger partial charge in [-0.2, -0.15) is 4.68 Å². The molecule has 5 nitrogen and oxygen atoms in total. The molecule has 0 atom stereocenters. The number of thioether (sulfide) groups is 1. The molecule has 0 spiro atoms. The van der Waals surface area contributed by atoms with Crippen LogP contribution in [0.5, 0.6) is 0 Å². The van der Waals surface area contributed by atoms with Crippen LogP contribution in [0.4, 0.5) is 8.78 Å². The van der Waals surface area contributed by atoms with Crippen molar-refractivity contribution in [1.82, 2.24) is 20.2 Å². The summed E-state index contributed by atoms with van der Waals surface area (Å²) in [6.45, 7) is 1.97. The number of benzene rings is 2. The summed E-state index contributed by atoms with van der Waals surface area (Å²) in [7, 11) is 0. The fourth-order valence-corrected chi connectivity index (χ4v) is 2.81. The number of tetrazole rings is 1. The van der Waals surface area contributed by atoms with E-state index in [1.54, 1.807) is 0 Å². The van der Waals surface area contributed by atoms with Crippen molar-refractivity contribution >= 4 is 17.5 Å². The first-order valence-corrected chi connectivity index (χ1v) is 7.99. The van der Waals surface area contributed by atoms with Crippen LogP contribution in [-0.4, -0.2) is 31.7 Å². The monoisotopic (exact) mass is 346 g/mol. The Hall–Kier alpha value is -2.61. The standard InChI is InChI=1S/C16H12F2N4OS/c1-10-2-5-12(6-3-10)22-16(19-20-21-22)24-9-15(23)13-7-4-11(17)8-14(13)18/h2-8H,9H2,1H3. The molecule has 1 heterocycles. The van der Waals surface area contributed by atoms with Gasteiger partial charge < -0.3 is 0 Å². The average molecular weight is 346 g/mol. The van der Waals surface area contributed by atoms with Crippen molar-refractivity contribution in [1.29, 1.82) is 0 Å². The van der Waals surface area contributed by atoms with Crippen molar-refractivity contribution in [2.75, 3.05) is 5.75 Å². The van der Waals surface area contributed by atoms with Gasteiger partial charge in [-0.3, -0.25) is 4.79 Å². The summed E-state index contributed by atoms with van der Waals surface area (Å²) >= 11 is 1.09. The highest BCUT2D eigenvalue weighted by Crippen LogP contribution is 2.20. The quantitative estimate of drug-likeness (QED) is 0.524. The number of aryl methyl sites for hydroxylation is 1. The van der Waals surface area contributed by atoms with Crippen LogP contribution in [0.1, 0.15) is 15.9 Å². The third-order valence-corrected chi connectivity index (χ3v) is 4.20. The second-order valence-corrected chi connectivity index (χ2v) is 5.99. The summed E-state index contributed by atoms with van der Waals surface area (Å²) < 4.78 is 28.0. The molecule has 3 aromatic rings. The number of hydrogen-bond acceptors (Lipinski definition) is 5. The number of halogens is 2. The number of carbonyl (C=O) groups is 1. The highest BCUT2D eigenvalue weighted by Gasteiger charge is 2.16. The van der Waals surface area contributed by atoms with Crippen LogP contribution in [-0.2, 0) is 0 Å². The van der Waals surface area contributed by atoms with Gasteiger partial charge in [-0.1, -0.05) is 29.5 Å². The molecular formula is C16H12F2N4OS. The lowest BCUT2D eigenvalue weighted by molar-refractivity contribution is 0.101. The minimum Gasteiger partial charge on any atom is -0.293 e. The largest absolute Gasteiger partial charge is 0.293 e. The normalized spacial score (nSPS) is 10.8. The zero-order chi connectivity index (χ0) is 17.1. The lowest BCUT2D eigenvalue weighted by Gasteiger charge is -2.05. The predicted molar refractivity (Wildman–Crippen MR) is 85.3 cm³/mol. The van der Waals surface area contributed by atoms with E-state index in [1.807, 2.05) is 31.2 Å². The molecule has 0 aliphatic rings. The third-order valence-electron chi connectivity index (χ3n) is 3.28. The lowest BCUT2D eigenvalue weighted by atomic mass is 10.1. The maximum absolute atomic E-state index is 13.6. The molecule has 2 aromatic carbocycles. The second kappa shape index (κ2) is 6.88. The van der Waals surface area contributed by atoms with Crippen molar-refractivity contribution in [3.05, 3.63) is 65.2 Å².